The predicted molar refractivity (Wildman–Crippen MR) is 73.3 cm³/mol. The van der Waals surface area contributed by atoms with Gasteiger partial charge in [-0.1, -0.05) is 20.8 Å². The van der Waals surface area contributed by atoms with Crippen molar-refractivity contribution in [2.45, 2.75) is 47.0 Å². The van der Waals surface area contributed by atoms with Crippen LogP contribution < -0.4 is 11.1 Å². The van der Waals surface area contributed by atoms with Crippen LogP contribution in [0.1, 0.15) is 43.0 Å². The Morgan fingerprint density at radius 2 is 1.44 bits per heavy atom. The van der Waals surface area contributed by atoms with Crippen molar-refractivity contribution in [2.75, 3.05) is 18.1 Å². The Kier molecular flexibility index (Phi) is 3.22. The van der Waals surface area contributed by atoms with Crippen LogP contribution in [-0.4, -0.2) is 7.05 Å². The lowest BCUT2D eigenvalue weighted by atomic mass is 9.80. The van der Waals surface area contributed by atoms with E-state index in [1.165, 1.54) is 27.9 Å². The third kappa shape index (κ3) is 1.89. The van der Waals surface area contributed by atoms with Gasteiger partial charge in [0, 0.05) is 24.0 Å². The van der Waals surface area contributed by atoms with Crippen LogP contribution in [0.5, 0.6) is 0 Å². The lowest BCUT2D eigenvalue weighted by Gasteiger charge is -2.28. The monoisotopic (exact) mass is 220 g/mol. The molecule has 0 aliphatic heterocycles. The first-order valence-corrected chi connectivity index (χ1v) is 5.79. The number of nitrogen functional groups attached to an aromatic ring is 1. The van der Waals surface area contributed by atoms with E-state index in [9.17, 15) is 0 Å². The molecule has 0 aliphatic rings. The highest BCUT2D eigenvalue weighted by molar-refractivity contribution is 5.75. The Morgan fingerprint density at radius 1 is 0.938 bits per heavy atom. The molecule has 0 aromatic heterocycles. The Hall–Kier alpha value is -1.18. The average Bonchev–Trinajstić information content (AvgIpc) is 2.18. The molecule has 3 N–H and O–H groups in total. The van der Waals surface area contributed by atoms with E-state index in [-0.39, 0.29) is 5.41 Å². The van der Waals surface area contributed by atoms with Crippen molar-refractivity contribution < 1.29 is 0 Å². The zero-order valence-corrected chi connectivity index (χ0v) is 11.6. The summed E-state index contributed by atoms with van der Waals surface area (Å²) >= 11 is 0. The summed E-state index contributed by atoms with van der Waals surface area (Å²) in [7, 11) is 1.96. The van der Waals surface area contributed by atoms with E-state index in [1.807, 2.05) is 7.05 Å². The van der Waals surface area contributed by atoms with Gasteiger partial charge in [-0.2, -0.15) is 0 Å². The zero-order chi connectivity index (χ0) is 12.7. The molecule has 1 rings (SSSR count). The van der Waals surface area contributed by atoms with Crippen LogP contribution in [-0.2, 0) is 5.41 Å². The maximum absolute atomic E-state index is 6.27. The van der Waals surface area contributed by atoms with Gasteiger partial charge in [0.1, 0.15) is 0 Å². The maximum Gasteiger partial charge on any atom is 0.0428 e. The molecule has 0 radical (unpaired) electrons. The van der Waals surface area contributed by atoms with Crippen LogP contribution in [0.3, 0.4) is 0 Å². The van der Waals surface area contributed by atoms with E-state index in [2.05, 4.69) is 46.9 Å². The van der Waals surface area contributed by atoms with Gasteiger partial charge in [0.15, 0.2) is 0 Å². The van der Waals surface area contributed by atoms with Crippen LogP contribution in [0, 0.1) is 20.8 Å². The molecule has 0 spiro atoms. The van der Waals surface area contributed by atoms with E-state index < -0.39 is 0 Å². The quantitative estimate of drug-likeness (QED) is 0.710. The second-order valence-corrected chi connectivity index (χ2v) is 5.54. The molecule has 1 aromatic carbocycles. The number of rotatable bonds is 1. The molecule has 90 valence electrons. The lowest BCUT2D eigenvalue weighted by molar-refractivity contribution is 0.593. The molecule has 0 fully saturated rings. The van der Waals surface area contributed by atoms with Crippen molar-refractivity contribution in [3.63, 3.8) is 0 Å². The topological polar surface area (TPSA) is 38.0 Å². The fourth-order valence-corrected chi connectivity index (χ4v) is 2.27. The number of nitrogens with two attached hydrogens (primary N) is 1. The molecule has 0 bridgehead atoms. The second kappa shape index (κ2) is 4.00. The van der Waals surface area contributed by atoms with Gasteiger partial charge in [0.25, 0.3) is 0 Å². The summed E-state index contributed by atoms with van der Waals surface area (Å²) in [4.78, 5) is 0. The second-order valence-electron chi connectivity index (χ2n) is 5.54. The minimum absolute atomic E-state index is 0.0612. The minimum Gasteiger partial charge on any atom is -0.398 e. The van der Waals surface area contributed by atoms with Crippen molar-refractivity contribution in [1.29, 1.82) is 0 Å². The third-order valence-electron chi connectivity index (χ3n) is 3.42. The molecule has 0 heterocycles. The highest BCUT2D eigenvalue weighted by Crippen LogP contribution is 2.40. The molecule has 0 atom stereocenters. The summed E-state index contributed by atoms with van der Waals surface area (Å²) in [5.74, 6) is 0. The van der Waals surface area contributed by atoms with Crippen molar-refractivity contribution in [3.05, 3.63) is 22.3 Å². The molecule has 0 saturated carbocycles. The molecular weight excluding hydrogens is 196 g/mol. The van der Waals surface area contributed by atoms with E-state index in [0.717, 1.165) is 5.69 Å². The smallest absolute Gasteiger partial charge is 0.0428 e. The Bertz CT molecular complexity index is 412. The normalized spacial score (nSPS) is 11.7. The minimum atomic E-state index is 0.0612. The van der Waals surface area contributed by atoms with E-state index >= 15 is 0 Å². The average molecular weight is 220 g/mol. The summed E-state index contributed by atoms with van der Waals surface area (Å²) in [6, 6.07) is 0. The van der Waals surface area contributed by atoms with Crippen LogP contribution in [0.15, 0.2) is 0 Å². The van der Waals surface area contributed by atoms with Crippen molar-refractivity contribution in [3.8, 4) is 0 Å². The summed E-state index contributed by atoms with van der Waals surface area (Å²) in [6.07, 6.45) is 0. The van der Waals surface area contributed by atoms with E-state index in [0.29, 0.717) is 0 Å². The van der Waals surface area contributed by atoms with Crippen molar-refractivity contribution >= 4 is 11.4 Å². The molecule has 0 unspecified atom stereocenters. The molecule has 1 aromatic rings. The summed E-state index contributed by atoms with van der Waals surface area (Å²) < 4.78 is 0. The molecule has 16 heavy (non-hydrogen) atoms. The summed E-state index contributed by atoms with van der Waals surface area (Å²) in [5.41, 5.74) is 13.5. The predicted octanol–water partition coefficient (Wildman–Crippen LogP) is 3.53. The summed E-state index contributed by atoms with van der Waals surface area (Å²) in [5, 5.41) is 3.30. The van der Waals surface area contributed by atoms with Crippen molar-refractivity contribution in [1.82, 2.24) is 0 Å². The van der Waals surface area contributed by atoms with Crippen molar-refractivity contribution in [2.24, 2.45) is 0 Å². The molecule has 0 amide bonds. The van der Waals surface area contributed by atoms with Crippen LogP contribution in [0.25, 0.3) is 0 Å². The fourth-order valence-electron chi connectivity index (χ4n) is 2.27. The summed E-state index contributed by atoms with van der Waals surface area (Å²) in [6.45, 7) is 13.0. The maximum atomic E-state index is 6.27. The van der Waals surface area contributed by atoms with Crippen LogP contribution >= 0.6 is 0 Å². The SMILES string of the molecule is CNc1c(C)c(C)c(C)c(N)c1C(C)(C)C. The largest absolute Gasteiger partial charge is 0.398 e. The molecule has 0 aliphatic carbocycles. The number of hydrogen-bond donors (Lipinski definition) is 2. The van der Waals surface area contributed by atoms with E-state index in [1.54, 1.807) is 0 Å². The zero-order valence-electron chi connectivity index (χ0n) is 11.6. The van der Waals surface area contributed by atoms with Gasteiger partial charge >= 0.3 is 0 Å². The molecular formula is C14H24N2. The Balaban J connectivity index is 3.72. The van der Waals surface area contributed by atoms with Crippen LogP contribution in [0.2, 0.25) is 0 Å². The first kappa shape index (κ1) is 12.9. The molecule has 2 nitrogen and oxygen atoms in total. The standard InChI is InChI=1S/C14H24N2/c1-8-9(2)12(15)11(14(4,5)6)13(16-7)10(8)3/h16H,15H2,1-7H3. The third-order valence-corrected chi connectivity index (χ3v) is 3.42. The van der Waals surface area contributed by atoms with Gasteiger partial charge in [-0.05, 0) is 42.9 Å². The number of benzene rings is 1. The lowest BCUT2D eigenvalue weighted by Crippen LogP contribution is -2.19. The number of nitrogens with one attached hydrogen (secondary N) is 1. The fraction of sp³-hybridized carbons (Fsp3) is 0.571. The first-order chi connectivity index (χ1) is 7.21. The van der Waals surface area contributed by atoms with Crippen LogP contribution in [0.4, 0.5) is 11.4 Å². The Labute approximate surface area is 99.2 Å². The number of hydrogen-bond acceptors (Lipinski definition) is 2. The van der Waals surface area contributed by atoms with Gasteiger partial charge in [-0.25, -0.2) is 0 Å². The van der Waals surface area contributed by atoms with E-state index in [4.69, 9.17) is 5.73 Å². The van der Waals surface area contributed by atoms with Gasteiger partial charge in [0.05, 0.1) is 0 Å². The Morgan fingerprint density at radius 3 is 1.81 bits per heavy atom. The highest BCUT2D eigenvalue weighted by Gasteiger charge is 2.24. The van der Waals surface area contributed by atoms with Gasteiger partial charge in [0.2, 0.25) is 0 Å². The van der Waals surface area contributed by atoms with Gasteiger partial charge in [-0.15, -0.1) is 0 Å². The van der Waals surface area contributed by atoms with Gasteiger partial charge in [-0.3, -0.25) is 0 Å². The first-order valence-electron chi connectivity index (χ1n) is 5.79. The highest BCUT2D eigenvalue weighted by atomic mass is 14.8. The number of anilines is 2. The molecule has 0 saturated heterocycles. The van der Waals surface area contributed by atoms with Gasteiger partial charge < -0.3 is 11.1 Å². The molecule has 2 heteroatoms.